The Morgan fingerprint density at radius 3 is 2.30 bits per heavy atom. The third kappa shape index (κ3) is 1.32. The molecule has 0 aromatic carbocycles. The van der Waals surface area contributed by atoms with Crippen molar-refractivity contribution >= 4 is 11.6 Å². The summed E-state index contributed by atoms with van der Waals surface area (Å²) in [6.07, 6.45) is 0. The van der Waals surface area contributed by atoms with Crippen LogP contribution in [-0.4, -0.2) is 17.2 Å². The van der Waals surface area contributed by atoms with E-state index in [-0.39, 0.29) is 0 Å². The highest BCUT2D eigenvalue weighted by Gasteiger charge is 1.90. The van der Waals surface area contributed by atoms with Crippen molar-refractivity contribution in [2.24, 2.45) is 5.84 Å². The van der Waals surface area contributed by atoms with Gasteiger partial charge < -0.3 is 10.7 Å². The molecule has 0 spiro atoms. The lowest BCUT2D eigenvalue weighted by molar-refractivity contribution is 1.02. The second kappa shape index (κ2) is 2.98. The number of hydrazine groups is 1. The standard InChI is InChI=1S/C5H9N5/c1-7-4-2-3-5(8-6)10-9-4/h2-3H,6H2,1H3,(H,7,9)(H,8,10). The fraction of sp³-hybridized carbons (Fsp3) is 0.200. The molecule has 0 atom stereocenters. The van der Waals surface area contributed by atoms with Crippen LogP contribution in [0.4, 0.5) is 11.6 Å². The van der Waals surface area contributed by atoms with Gasteiger partial charge in [0.15, 0.2) is 5.82 Å². The Labute approximate surface area is 58.6 Å². The zero-order valence-corrected chi connectivity index (χ0v) is 5.63. The number of nitrogens with two attached hydrogens (primary N) is 1. The summed E-state index contributed by atoms with van der Waals surface area (Å²) in [5, 5.41) is 10.3. The third-order valence-corrected chi connectivity index (χ3v) is 1.07. The van der Waals surface area contributed by atoms with Gasteiger partial charge in [0, 0.05) is 7.05 Å². The first-order chi connectivity index (χ1) is 4.86. The maximum atomic E-state index is 5.07. The molecule has 5 heteroatoms. The predicted octanol–water partition coefficient (Wildman–Crippen LogP) is -0.196. The number of nitrogens with zero attached hydrogens (tertiary/aromatic N) is 2. The van der Waals surface area contributed by atoms with E-state index >= 15 is 0 Å². The summed E-state index contributed by atoms with van der Waals surface area (Å²) >= 11 is 0. The molecule has 0 aliphatic heterocycles. The number of anilines is 2. The maximum absolute atomic E-state index is 5.07. The Bertz CT molecular complexity index is 171. The molecule has 1 aromatic rings. The van der Waals surface area contributed by atoms with Gasteiger partial charge >= 0.3 is 0 Å². The molecule has 0 aliphatic rings. The molecule has 0 radical (unpaired) electrons. The van der Waals surface area contributed by atoms with Gasteiger partial charge in [-0.05, 0) is 12.1 Å². The van der Waals surface area contributed by atoms with E-state index in [1.54, 1.807) is 19.2 Å². The minimum Gasteiger partial charge on any atom is -0.372 e. The Hall–Kier alpha value is -1.36. The van der Waals surface area contributed by atoms with Crippen LogP contribution in [0.1, 0.15) is 0 Å². The molecule has 4 N–H and O–H groups in total. The smallest absolute Gasteiger partial charge is 0.162 e. The van der Waals surface area contributed by atoms with Crippen LogP contribution >= 0.6 is 0 Å². The van der Waals surface area contributed by atoms with E-state index in [0.29, 0.717) is 5.82 Å². The Morgan fingerprint density at radius 2 is 1.90 bits per heavy atom. The fourth-order valence-electron chi connectivity index (χ4n) is 0.543. The van der Waals surface area contributed by atoms with Gasteiger partial charge in [0.05, 0.1) is 0 Å². The summed E-state index contributed by atoms with van der Waals surface area (Å²) in [6.45, 7) is 0. The summed E-state index contributed by atoms with van der Waals surface area (Å²) in [4.78, 5) is 0. The molecule has 0 amide bonds. The highest BCUT2D eigenvalue weighted by molar-refractivity contribution is 5.39. The lowest BCUT2D eigenvalue weighted by Crippen LogP contribution is -2.09. The van der Waals surface area contributed by atoms with Crippen molar-refractivity contribution in [1.82, 2.24) is 10.2 Å². The average molecular weight is 139 g/mol. The van der Waals surface area contributed by atoms with Gasteiger partial charge in [-0.2, -0.15) is 0 Å². The van der Waals surface area contributed by atoms with E-state index in [2.05, 4.69) is 20.9 Å². The van der Waals surface area contributed by atoms with Crippen LogP contribution in [0.2, 0.25) is 0 Å². The predicted molar refractivity (Wildman–Crippen MR) is 39.4 cm³/mol. The first kappa shape index (κ1) is 6.76. The Morgan fingerprint density at radius 1 is 1.30 bits per heavy atom. The summed E-state index contributed by atoms with van der Waals surface area (Å²) in [6, 6.07) is 3.51. The molecule has 0 fully saturated rings. The maximum Gasteiger partial charge on any atom is 0.162 e. The Kier molecular flexibility index (Phi) is 2.01. The summed E-state index contributed by atoms with van der Waals surface area (Å²) < 4.78 is 0. The molecule has 1 heterocycles. The molecule has 0 saturated heterocycles. The van der Waals surface area contributed by atoms with Gasteiger partial charge in [0.1, 0.15) is 5.82 Å². The minimum absolute atomic E-state index is 0.555. The average Bonchev–Trinajstić information content (AvgIpc) is 2.05. The molecule has 1 rings (SSSR count). The lowest BCUT2D eigenvalue weighted by atomic mass is 10.5. The molecule has 54 valence electrons. The highest BCUT2D eigenvalue weighted by atomic mass is 15.3. The fourth-order valence-corrected chi connectivity index (χ4v) is 0.543. The first-order valence-electron chi connectivity index (χ1n) is 2.85. The number of hydrogen-bond acceptors (Lipinski definition) is 5. The second-order valence-electron chi connectivity index (χ2n) is 1.70. The molecule has 0 bridgehead atoms. The first-order valence-corrected chi connectivity index (χ1v) is 2.85. The van der Waals surface area contributed by atoms with Gasteiger partial charge in [-0.25, -0.2) is 5.84 Å². The SMILES string of the molecule is CNc1ccc(NN)nn1. The normalized spacial score (nSPS) is 9.00. The van der Waals surface area contributed by atoms with Crippen molar-refractivity contribution in [1.29, 1.82) is 0 Å². The lowest BCUT2D eigenvalue weighted by Gasteiger charge is -1.98. The van der Waals surface area contributed by atoms with Gasteiger partial charge in [-0.3, -0.25) is 0 Å². The van der Waals surface area contributed by atoms with E-state index in [0.717, 1.165) is 5.82 Å². The molecular formula is C5H9N5. The van der Waals surface area contributed by atoms with Crippen molar-refractivity contribution in [3.63, 3.8) is 0 Å². The molecule has 10 heavy (non-hydrogen) atoms. The summed E-state index contributed by atoms with van der Waals surface area (Å²) in [5.74, 6) is 6.34. The van der Waals surface area contributed by atoms with Crippen molar-refractivity contribution < 1.29 is 0 Å². The number of nitrogens with one attached hydrogen (secondary N) is 2. The van der Waals surface area contributed by atoms with Crippen molar-refractivity contribution in [2.45, 2.75) is 0 Å². The van der Waals surface area contributed by atoms with Gasteiger partial charge in [0.25, 0.3) is 0 Å². The molecule has 1 aromatic heterocycles. The van der Waals surface area contributed by atoms with Crippen molar-refractivity contribution in [2.75, 3.05) is 17.8 Å². The van der Waals surface area contributed by atoms with Crippen LogP contribution in [0, 0.1) is 0 Å². The quantitative estimate of drug-likeness (QED) is 0.391. The van der Waals surface area contributed by atoms with E-state index < -0.39 is 0 Å². The topological polar surface area (TPSA) is 75.9 Å². The van der Waals surface area contributed by atoms with E-state index in [4.69, 9.17) is 5.84 Å². The number of hydrogen-bond donors (Lipinski definition) is 3. The van der Waals surface area contributed by atoms with Crippen LogP contribution in [0.25, 0.3) is 0 Å². The van der Waals surface area contributed by atoms with E-state index in [1.807, 2.05) is 0 Å². The van der Waals surface area contributed by atoms with E-state index in [9.17, 15) is 0 Å². The van der Waals surface area contributed by atoms with Crippen LogP contribution in [0.15, 0.2) is 12.1 Å². The highest BCUT2D eigenvalue weighted by Crippen LogP contribution is 2.02. The molecular weight excluding hydrogens is 130 g/mol. The molecule has 0 saturated carbocycles. The number of aromatic nitrogens is 2. The minimum atomic E-state index is 0.555. The number of nitrogen functional groups attached to an aromatic ring is 1. The van der Waals surface area contributed by atoms with Gasteiger partial charge in [-0.1, -0.05) is 0 Å². The van der Waals surface area contributed by atoms with E-state index in [1.165, 1.54) is 0 Å². The molecule has 0 aliphatic carbocycles. The number of rotatable bonds is 2. The summed E-state index contributed by atoms with van der Waals surface area (Å²) in [5.41, 5.74) is 2.38. The Balaban J connectivity index is 2.80. The zero-order chi connectivity index (χ0) is 7.40. The largest absolute Gasteiger partial charge is 0.372 e. The zero-order valence-electron chi connectivity index (χ0n) is 5.63. The van der Waals surface area contributed by atoms with Crippen molar-refractivity contribution in [3.8, 4) is 0 Å². The van der Waals surface area contributed by atoms with Crippen LogP contribution < -0.4 is 16.6 Å². The van der Waals surface area contributed by atoms with Crippen LogP contribution in [0.3, 0.4) is 0 Å². The summed E-state index contributed by atoms with van der Waals surface area (Å²) in [7, 11) is 1.78. The third-order valence-electron chi connectivity index (χ3n) is 1.07. The van der Waals surface area contributed by atoms with Gasteiger partial charge in [0.2, 0.25) is 0 Å². The van der Waals surface area contributed by atoms with Crippen LogP contribution in [0.5, 0.6) is 0 Å². The second-order valence-corrected chi connectivity index (χ2v) is 1.70. The van der Waals surface area contributed by atoms with Crippen LogP contribution in [-0.2, 0) is 0 Å². The van der Waals surface area contributed by atoms with Gasteiger partial charge in [-0.15, -0.1) is 10.2 Å². The molecule has 0 unspecified atom stereocenters. The molecule has 5 nitrogen and oxygen atoms in total. The monoisotopic (exact) mass is 139 g/mol. The van der Waals surface area contributed by atoms with Crippen molar-refractivity contribution in [3.05, 3.63) is 12.1 Å².